The first-order valence-electron chi connectivity index (χ1n) is 6.04. The van der Waals surface area contributed by atoms with Gasteiger partial charge in [-0.15, -0.1) is 0 Å². The van der Waals surface area contributed by atoms with Crippen molar-refractivity contribution < 1.29 is 14.1 Å². The number of nitrogens with zero attached hydrogens (tertiary/aromatic N) is 1. The van der Waals surface area contributed by atoms with Crippen molar-refractivity contribution in [2.45, 2.75) is 13.2 Å². The lowest BCUT2D eigenvalue weighted by Gasteiger charge is -2.11. The lowest BCUT2D eigenvalue weighted by molar-refractivity contribution is -0.385. The van der Waals surface area contributed by atoms with Crippen LogP contribution in [0.25, 0.3) is 0 Å². The van der Waals surface area contributed by atoms with Gasteiger partial charge in [-0.25, -0.2) is 4.39 Å². The molecule has 0 fully saturated rings. The minimum Gasteiger partial charge on any atom is -0.489 e. The monoisotopic (exact) mass is 310 g/mol. The zero-order valence-corrected chi connectivity index (χ0v) is 11.6. The second-order valence-corrected chi connectivity index (χ2v) is 4.76. The normalized spacial score (nSPS) is 10.4. The standard InChI is InChI=1S/C14H12ClFN2O3/c15-11-1-2-14(10(5-11)7-17)21-8-9-3-12(16)6-13(4-9)18(19)20/h1-6H,7-8,17H2. The third-order valence-electron chi connectivity index (χ3n) is 2.79. The van der Waals surface area contributed by atoms with Crippen molar-refractivity contribution in [3.8, 4) is 5.75 Å². The van der Waals surface area contributed by atoms with E-state index in [2.05, 4.69) is 0 Å². The van der Waals surface area contributed by atoms with Gasteiger partial charge in [0, 0.05) is 23.2 Å². The zero-order valence-electron chi connectivity index (χ0n) is 10.9. The number of hydrogen-bond donors (Lipinski definition) is 1. The number of ether oxygens (including phenoxy) is 1. The van der Waals surface area contributed by atoms with Gasteiger partial charge in [0.05, 0.1) is 11.0 Å². The van der Waals surface area contributed by atoms with Crippen molar-refractivity contribution in [3.05, 3.63) is 68.5 Å². The van der Waals surface area contributed by atoms with Crippen molar-refractivity contribution in [1.29, 1.82) is 0 Å². The van der Waals surface area contributed by atoms with Crippen LogP contribution in [-0.4, -0.2) is 4.92 Å². The summed E-state index contributed by atoms with van der Waals surface area (Å²) in [7, 11) is 0. The molecule has 2 aromatic rings. The van der Waals surface area contributed by atoms with Crippen LogP contribution >= 0.6 is 11.6 Å². The van der Waals surface area contributed by atoms with Crippen LogP contribution in [0.15, 0.2) is 36.4 Å². The number of nitro groups is 1. The molecule has 0 aliphatic carbocycles. The number of nitro benzene ring substituents is 1. The number of hydrogen-bond acceptors (Lipinski definition) is 4. The Morgan fingerprint density at radius 1 is 1.29 bits per heavy atom. The quantitative estimate of drug-likeness (QED) is 0.678. The van der Waals surface area contributed by atoms with Gasteiger partial charge in [-0.3, -0.25) is 10.1 Å². The van der Waals surface area contributed by atoms with E-state index >= 15 is 0 Å². The second-order valence-electron chi connectivity index (χ2n) is 4.32. The van der Waals surface area contributed by atoms with Crippen LogP contribution in [0.3, 0.4) is 0 Å². The number of rotatable bonds is 5. The topological polar surface area (TPSA) is 78.4 Å². The maximum atomic E-state index is 13.3. The number of halogens is 2. The van der Waals surface area contributed by atoms with E-state index in [1.54, 1.807) is 18.2 Å². The minimum absolute atomic E-state index is 0.00671. The first kappa shape index (κ1) is 15.2. The SMILES string of the molecule is NCc1cc(Cl)ccc1OCc1cc(F)cc([N+](=O)[O-])c1. The molecule has 5 nitrogen and oxygen atoms in total. The summed E-state index contributed by atoms with van der Waals surface area (Å²) >= 11 is 5.85. The van der Waals surface area contributed by atoms with E-state index in [0.29, 0.717) is 21.9 Å². The average Bonchev–Trinajstić information content (AvgIpc) is 2.45. The molecule has 0 bridgehead atoms. The Bertz CT molecular complexity index is 679. The van der Waals surface area contributed by atoms with Crippen LogP contribution in [0.2, 0.25) is 5.02 Å². The molecule has 0 unspecified atom stereocenters. The van der Waals surface area contributed by atoms with Gasteiger partial charge in [0.2, 0.25) is 0 Å². The Morgan fingerprint density at radius 3 is 2.71 bits per heavy atom. The maximum Gasteiger partial charge on any atom is 0.272 e. The van der Waals surface area contributed by atoms with Gasteiger partial charge in [0.1, 0.15) is 18.2 Å². The molecule has 0 aromatic heterocycles. The molecule has 7 heteroatoms. The summed E-state index contributed by atoms with van der Waals surface area (Å²) in [5.41, 5.74) is 6.34. The molecule has 2 aromatic carbocycles. The highest BCUT2D eigenvalue weighted by Crippen LogP contribution is 2.24. The van der Waals surface area contributed by atoms with Gasteiger partial charge in [0.25, 0.3) is 5.69 Å². The number of non-ortho nitro benzene ring substituents is 1. The molecular formula is C14H12ClFN2O3. The third-order valence-corrected chi connectivity index (χ3v) is 3.03. The Kier molecular flexibility index (Phi) is 4.72. The molecule has 0 spiro atoms. The Hall–Kier alpha value is -2.18. The van der Waals surface area contributed by atoms with E-state index in [1.807, 2.05) is 0 Å². The fourth-order valence-electron chi connectivity index (χ4n) is 1.83. The van der Waals surface area contributed by atoms with Crippen molar-refractivity contribution in [2.75, 3.05) is 0 Å². The van der Waals surface area contributed by atoms with Crippen LogP contribution in [0, 0.1) is 15.9 Å². The fourth-order valence-corrected chi connectivity index (χ4v) is 2.03. The van der Waals surface area contributed by atoms with Crippen molar-refractivity contribution in [3.63, 3.8) is 0 Å². The molecule has 0 atom stereocenters. The zero-order chi connectivity index (χ0) is 15.4. The van der Waals surface area contributed by atoms with E-state index in [4.69, 9.17) is 22.1 Å². The van der Waals surface area contributed by atoms with Gasteiger partial charge in [-0.2, -0.15) is 0 Å². The third kappa shape index (κ3) is 3.90. The molecule has 0 aliphatic heterocycles. The summed E-state index contributed by atoms with van der Waals surface area (Å²) in [6.07, 6.45) is 0. The van der Waals surface area contributed by atoms with E-state index in [9.17, 15) is 14.5 Å². The van der Waals surface area contributed by atoms with Crippen LogP contribution < -0.4 is 10.5 Å². The van der Waals surface area contributed by atoms with Crippen LogP contribution in [0.5, 0.6) is 5.75 Å². The molecule has 0 amide bonds. The highest BCUT2D eigenvalue weighted by Gasteiger charge is 2.11. The summed E-state index contributed by atoms with van der Waals surface area (Å²) in [4.78, 5) is 10.0. The molecule has 0 aliphatic rings. The predicted molar refractivity (Wildman–Crippen MR) is 76.7 cm³/mol. The number of benzene rings is 2. The maximum absolute atomic E-state index is 13.3. The Labute approximate surface area is 125 Å². The molecule has 2 rings (SSSR count). The van der Waals surface area contributed by atoms with E-state index in [-0.39, 0.29) is 18.8 Å². The summed E-state index contributed by atoms with van der Waals surface area (Å²) < 4.78 is 18.8. The molecule has 0 saturated carbocycles. The molecule has 110 valence electrons. The minimum atomic E-state index is -0.682. The van der Waals surface area contributed by atoms with Crippen LogP contribution in [0.4, 0.5) is 10.1 Å². The van der Waals surface area contributed by atoms with Gasteiger partial charge in [0.15, 0.2) is 0 Å². The fraction of sp³-hybridized carbons (Fsp3) is 0.143. The van der Waals surface area contributed by atoms with Gasteiger partial charge < -0.3 is 10.5 Å². The van der Waals surface area contributed by atoms with Crippen molar-refractivity contribution >= 4 is 17.3 Å². The lowest BCUT2D eigenvalue weighted by atomic mass is 10.2. The van der Waals surface area contributed by atoms with Gasteiger partial charge in [-0.1, -0.05) is 11.6 Å². The van der Waals surface area contributed by atoms with Crippen molar-refractivity contribution in [1.82, 2.24) is 0 Å². The number of nitrogens with two attached hydrogens (primary N) is 1. The predicted octanol–water partition coefficient (Wildman–Crippen LogP) is 3.43. The highest BCUT2D eigenvalue weighted by molar-refractivity contribution is 6.30. The van der Waals surface area contributed by atoms with E-state index in [1.165, 1.54) is 12.1 Å². The smallest absolute Gasteiger partial charge is 0.272 e. The molecule has 0 heterocycles. The largest absolute Gasteiger partial charge is 0.489 e. The Balaban J connectivity index is 2.18. The van der Waals surface area contributed by atoms with Gasteiger partial charge in [-0.05, 0) is 29.8 Å². The summed E-state index contributed by atoms with van der Waals surface area (Å²) in [5.74, 6) is -0.174. The van der Waals surface area contributed by atoms with Crippen LogP contribution in [-0.2, 0) is 13.2 Å². The van der Waals surface area contributed by atoms with Gasteiger partial charge >= 0.3 is 0 Å². The second kappa shape index (κ2) is 6.51. The first-order valence-corrected chi connectivity index (χ1v) is 6.42. The Morgan fingerprint density at radius 2 is 2.05 bits per heavy atom. The highest BCUT2D eigenvalue weighted by atomic mass is 35.5. The molecule has 2 N–H and O–H groups in total. The van der Waals surface area contributed by atoms with E-state index < -0.39 is 10.7 Å². The molecular weight excluding hydrogens is 299 g/mol. The lowest BCUT2D eigenvalue weighted by Crippen LogP contribution is -2.03. The average molecular weight is 311 g/mol. The molecule has 0 radical (unpaired) electrons. The molecule has 0 saturated heterocycles. The summed E-state index contributed by atoms with van der Waals surface area (Å²) in [5, 5.41) is 11.2. The summed E-state index contributed by atoms with van der Waals surface area (Å²) in [6, 6.07) is 8.27. The van der Waals surface area contributed by atoms with Crippen molar-refractivity contribution in [2.24, 2.45) is 5.73 Å². The molecule has 21 heavy (non-hydrogen) atoms. The summed E-state index contributed by atoms with van der Waals surface area (Å²) in [6.45, 7) is 0.229. The van der Waals surface area contributed by atoms with E-state index in [0.717, 1.165) is 6.07 Å². The van der Waals surface area contributed by atoms with Crippen LogP contribution in [0.1, 0.15) is 11.1 Å². The first-order chi connectivity index (χ1) is 9.99.